The van der Waals surface area contributed by atoms with Gasteiger partial charge in [0.15, 0.2) is 5.76 Å². The first-order valence-electron chi connectivity index (χ1n) is 7.03. The Labute approximate surface area is 147 Å². The van der Waals surface area contributed by atoms with Crippen molar-refractivity contribution in [2.75, 3.05) is 5.32 Å². The third kappa shape index (κ3) is 4.13. The van der Waals surface area contributed by atoms with Crippen LogP contribution in [0.2, 0.25) is 0 Å². The molecule has 1 heterocycles. The summed E-state index contributed by atoms with van der Waals surface area (Å²) in [6.45, 7) is 0.274. The predicted octanol–water partition coefficient (Wildman–Crippen LogP) is 4.72. The molecule has 0 fully saturated rings. The maximum absolute atomic E-state index is 12.3. The Morgan fingerprint density at radius 3 is 2.52 bits per heavy atom. The van der Waals surface area contributed by atoms with Gasteiger partial charge < -0.3 is 14.5 Å². The molecule has 23 heavy (non-hydrogen) atoms. The van der Waals surface area contributed by atoms with Gasteiger partial charge in [0.1, 0.15) is 12.4 Å². The van der Waals surface area contributed by atoms with Crippen molar-refractivity contribution in [2.45, 2.75) is 6.61 Å². The summed E-state index contributed by atoms with van der Waals surface area (Å²) in [6, 6.07) is 18.7. The maximum Gasteiger partial charge on any atom is 0.291 e. The summed E-state index contributed by atoms with van der Waals surface area (Å²) in [5.41, 5.74) is 1.43. The van der Waals surface area contributed by atoms with E-state index in [1.807, 2.05) is 54.6 Å². The van der Waals surface area contributed by atoms with Crippen LogP contribution in [0.25, 0.3) is 0 Å². The van der Waals surface area contributed by atoms with Crippen molar-refractivity contribution in [3.05, 3.63) is 81.8 Å². The first kappa shape index (κ1) is 15.6. The highest BCUT2D eigenvalue weighted by molar-refractivity contribution is 14.1. The van der Waals surface area contributed by atoms with Crippen LogP contribution in [-0.2, 0) is 6.61 Å². The highest BCUT2D eigenvalue weighted by Gasteiger charge is 2.16. The van der Waals surface area contributed by atoms with Crippen LogP contribution < -0.4 is 10.1 Å². The van der Waals surface area contributed by atoms with Crippen LogP contribution in [-0.4, -0.2) is 5.91 Å². The average molecular weight is 419 g/mol. The number of halogens is 1. The van der Waals surface area contributed by atoms with Crippen LogP contribution in [0.15, 0.2) is 71.3 Å². The minimum absolute atomic E-state index is 0.263. The lowest BCUT2D eigenvalue weighted by molar-refractivity contribution is 0.0993. The van der Waals surface area contributed by atoms with Crippen molar-refractivity contribution >= 4 is 34.2 Å². The Balaban J connectivity index is 1.67. The molecule has 0 unspecified atom stereocenters. The number of anilines is 1. The lowest BCUT2D eigenvalue weighted by Gasteiger charge is -2.07. The SMILES string of the molecule is O=C(Nc1ccc(I)cc1)c1occc1COc1ccccc1. The molecule has 0 radical (unpaired) electrons. The van der Waals surface area contributed by atoms with E-state index in [2.05, 4.69) is 27.9 Å². The quantitative estimate of drug-likeness (QED) is 0.610. The number of carbonyl (C=O) groups is 1. The smallest absolute Gasteiger partial charge is 0.291 e. The predicted molar refractivity (Wildman–Crippen MR) is 96.6 cm³/mol. The van der Waals surface area contributed by atoms with Gasteiger partial charge >= 0.3 is 0 Å². The fraction of sp³-hybridized carbons (Fsp3) is 0.0556. The van der Waals surface area contributed by atoms with Crippen molar-refractivity contribution in [3.63, 3.8) is 0 Å². The van der Waals surface area contributed by atoms with Gasteiger partial charge in [-0.2, -0.15) is 0 Å². The Hall–Kier alpha value is -2.28. The number of para-hydroxylation sites is 1. The molecule has 2 aromatic carbocycles. The van der Waals surface area contributed by atoms with Gasteiger partial charge in [0, 0.05) is 14.8 Å². The normalized spacial score (nSPS) is 10.3. The molecule has 0 saturated carbocycles. The van der Waals surface area contributed by atoms with E-state index in [0.717, 1.165) is 15.0 Å². The van der Waals surface area contributed by atoms with E-state index in [1.54, 1.807) is 6.07 Å². The zero-order chi connectivity index (χ0) is 16.1. The lowest BCUT2D eigenvalue weighted by atomic mass is 10.2. The molecule has 3 aromatic rings. The van der Waals surface area contributed by atoms with Crippen LogP contribution in [0.1, 0.15) is 16.1 Å². The van der Waals surface area contributed by atoms with Crippen molar-refractivity contribution < 1.29 is 13.9 Å². The maximum atomic E-state index is 12.3. The fourth-order valence-electron chi connectivity index (χ4n) is 2.05. The molecule has 0 aliphatic rings. The van der Waals surface area contributed by atoms with E-state index in [4.69, 9.17) is 9.15 Å². The van der Waals surface area contributed by atoms with Crippen LogP contribution in [0.5, 0.6) is 5.75 Å². The minimum Gasteiger partial charge on any atom is -0.489 e. The standard InChI is InChI=1S/C18H14INO3/c19-14-6-8-15(9-7-14)20-18(21)17-13(10-11-22-17)12-23-16-4-2-1-3-5-16/h1-11H,12H2,(H,20,21). The second kappa shape index (κ2) is 7.32. The van der Waals surface area contributed by atoms with Crippen molar-refractivity contribution in [1.29, 1.82) is 0 Å². The summed E-state index contributed by atoms with van der Waals surface area (Å²) in [7, 11) is 0. The van der Waals surface area contributed by atoms with Gasteiger partial charge in [-0.05, 0) is 65.1 Å². The number of benzene rings is 2. The molecule has 0 aliphatic carbocycles. The van der Waals surface area contributed by atoms with E-state index >= 15 is 0 Å². The van der Waals surface area contributed by atoms with Gasteiger partial charge in [0.05, 0.1) is 6.26 Å². The summed E-state index contributed by atoms with van der Waals surface area (Å²) < 4.78 is 12.1. The molecule has 5 heteroatoms. The number of hydrogen-bond acceptors (Lipinski definition) is 3. The third-order valence-corrected chi connectivity index (χ3v) is 3.91. The molecule has 4 nitrogen and oxygen atoms in total. The highest BCUT2D eigenvalue weighted by Crippen LogP contribution is 2.18. The molecule has 1 amide bonds. The van der Waals surface area contributed by atoms with Gasteiger partial charge in [-0.25, -0.2) is 0 Å². The van der Waals surface area contributed by atoms with Crippen molar-refractivity contribution in [3.8, 4) is 5.75 Å². The molecule has 0 aliphatic heterocycles. The molecular formula is C18H14INO3. The summed E-state index contributed by atoms with van der Waals surface area (Å²) in [5.74, 6) is 0.722. The summed E-state index contributed by atoms with van der Waals surface area (Å²) in [4.78, 5) is 12.3. The first-order valence-corrected chi connectivity index (χ1v) is 8.11. The van der Waals surface area contributed by atoms with Gasteiger partial charge in [-0.3, -0.25) is 4.79 Å². The summed E-state index contributed by atoms with van der Waals surface area (Å²) >= 11 is 2.21. The van der Waals surface area contributed by atoms with E-state index in [-0.39, 0.29) is 18.3 Å². The fourth-order valence-corrected chi connectivity index (χ4v) is 2.41. The number of nitrogens with one attached hydrogen (secondary N) is 1. The van der Waals surface area contributed by atoms with Crippen LogP contribution >= 0.6 is 22.6 Å². The van der Waals surface area contributed by atoms with Gasteiger partial charge in [0.2, 0.25) is 0 Å². The lowest BCUT2D eigenvalue weighted by Crippen LogP contribution is -2.13. The second-order valence-corrected chi connectivity index (χ2v) is 6.08. The minimum atomic E-state index is -0.289. The Kier molecular flexibility index (Phi) is 4.97. The highest BCUT2D eigenvalue weighted by atomic mass is 127. The number of rotatable bonds is 5. The molecule has 116 valence electrons. The Bertz CT molecular complexity index is 782. The van der Waals surface area contributed by atoms with Gasteiger partial charge in [0.25, 0.3) is 5.91 Å². The first-order chi connectivity index (χ1) is 11.2. The summed E-state index contributed by atoms with van der Waals surface area (Å²) in [5, 5.41) is 2.82. The van der Waals surface area contributed by atoms with Crippen molar-refractivity contribution in [1.82, 2.24) is 0 Å². The van der Waals surface area contributed by atoms with E-state index in [0.29, 0.717) is 5.56 Å². The average Bonchev–Trinajstić information content (AvgIpc) is 3.05. The number of amides is 1. The zero-order valence-electron chi connectivity index (χ0n) is 12.2. The third-order valence-electron chi connectivity index (χ3n) is 3.19. The Morgan fingerprint density at radius 2 is 1.78 bits per heavy atom. The van der Waals surface area contributed by atoms with E-state index < -0.39 is 0 Å². The molecule has 0 atom stereocenters. The molecule has 1 N–H and O–H groups in total. The van der Waals surface area contributed by atoms with Crippen LogP contribution in [0.4, 0.5) is 5.69 Å². The van der Waals surface area contributed by atoms with E-state index in [1.165, 1.54) is 6.26 Å². The molecule has 0 bridgehead atoms. The van der Waals surface area contributed by atoms with Gasteiger partial charge in [-0.1, -0.05) is 18.2 Å². The molecule has 3 rings (SSSR count). The molecule has 0 spiro atoms. The summed E-state index contributed by atoms with van der Waals surface area (Å²) in [6.07, 6.45) is 1.49. The van der Waals surface area contributed by atoms with Crippen LogP contribution in [0.3, 0.4) is 0 Å². The largest absolute Gasteiger partial charge is 0.489 e. The number of hydrogen-bond donors (Lipinski definition) is 1. The van der Waals surface area contributed by atoms with Gasteiger partial charge in [-0.15, -0.1) is 0 Å². The molecular weight excluding hydrogens is 405 g/mol. The second-order valence-electron chi connectivity index (χ2n) is 4.84. The topological polar surface area (TPSA) is 51.5 Å². The number of furan rings is 1. The zero-order valence-corrected chi connectivity index (χ0v) is 14.3. The monoisotopic (exact) mass is 419 g/mol. The van der Waals surface area contributed by atoms with Crippen molar-refractivity contribution in [2.24, 2.45) is 0 Å². The Morgan fingerprint density at radius 1 is 1.04 bits per heavy atom. The number of carbonyl (C=O) groups excluding carboxylic acids is 1. The molecule has 0 saturated heterocycles. The molecule has 1 aromatic heterocycles. The van der Waals surface area contributed by atoms with Crippen LogP contribution in [0, 0.1) is 3.57 Å². The number of ether oxygens (including phenoxy) is 1. The van der Waals surface area contributed by atoms with E-state index in [9.17, 15) is 4.79 Å².